The largest absolute Gasteiger partial charge is 0.372 e. The van der Waals surface area contributed by atoms with Gasteiger partial charge >= 0.3 is 0 Å². The van der Waals surface area contributed by atoms with Crippen molar-refractivity contribution in [2.24, 2.45) is 13.0 Å². The number of carbonyl (C=O) groups is 1. The number of carbonyl (C=O) groups excluding carboxylic acids is 1. The predicted octanol–water partition coefficient (Wildman–Crippen LogP) is 1.83. The van der Waals surface area contributed by atoms with Crippen LogP contribution in [-0.4, -0.2) is 33.8 Å². The Morgan fingerprint density at radius 2 is 2.46 bits per heavy atom. The van der Waals surface area contributed by atoms with Gasteiger partial charge in [0.15, 0.2) is 0 Å². The Balaban J connectivity index is 1.68. The summed E-state index contributed by atoms with van der Waals surface area (Å²) < 4.78 is 7.76. The predicted molar refractivity (Wildman–Crippen MR) is 87.2 cm³/mol. The van der Waals surface area contributed by atoms with E-state index in [0.29, 0.717) is 23.5 Å². The number of ether oxygens (including phenoxy) is 1. The second-order valence-electron chi connectivity index (χ2n) is 6.12. The van der Waals surface area contributed by atoms with Crippen LogP contribution in [0.3, 0.4) is 0 Å². The number of rotatable bonds is 4. The fourth-order valence-corrected chi connectivity index (χ4v) is 3.22. The maximum Gasteiger partial charge on any atom is 0.253 e. The highest BCUT2D eigenvalue weighted by atomic mass is 16.5. The average Bonchev–Trinajstić information content (AvgIpc) is 3.18. The van der Waals surface area contributed by atoms with Crippen molar-refractivity contribution >= 4 is 5.91 Å². The molecule has 0 bridgehead atoms. The van der Waals surface area contributed by atoms with Gasteiger partial charge in [0.25, 0.3) is 5.91 Å². The standard InChI is InChI=1S/C17H21N5O2/c1-11-14(8-13(9-18)21-11)17(23)19-10-12-4-3-7-24-16(12)15-5-6-20-22(15)2/h5-6,8,12,16,21H,3-4,7,10H2,1-2H3,(H,19,23)/t12-,16+/m0/s1. The minimum Gasteiger partial charge on any atom is -0.372 e. The smallest absolute Gasteiger partial charge is 0.253 e. The van der Waals surface area contributed by atoms with E-state index in [0.717, 1.165) is 25.1 Å². The van der Waals surface area contributed by atoms with Crippen LogP contribution in [0.1, 0.15) is 46.4 Å². The molecule has 1 amide bonds. The van der Waals surface area contributed by atoms with Crippen molar-refractivity contribution in [2.45, 2.75) is 25.9 Å². The van der Waals surface area contributed by atoms with E-state index in [1.54, 1.807) is 19.2 Å². The molecule has 0 unspecified atom stereocenters. The minimum absolute atomic E-state index is 0.0615. The second kappa shape index (κ2) is 6.89. The van der Waals surface area contributed by atoms with E-state index < -0.39 is 0 Å². The van der Waals surface area contributed by atoms with Crippen molar-refractivity contribution in [3.63, 3.8) is 0 Å². The van der Waals surface area contributed by atoms with Crippen LogP contribution in [0.25, 0.3) is 0 Å². The molecule has 0 saturated carbocycles. The molecule has 1 aliphatic rings. The second-order valence-corrected chi connectivity index (χ2v) is 6.12. The molecular weight excluding hydrogens is 306 g/mol. The lowest BCUT2D eigenvalue weighted by Crippen LogP contribution is -2.35. The van der Waals surface area contributed by atoms with Gasteiger partial charge in [0.05, 0.1) is 11.3 Å². The third-order valence-corrected chi connectivity index (χ3v) is 4.50. The Morgan fingerprint density at radius 1 is 1.62 bits per heavy atom. The van der Waals surface area contributed by atoms with Crippen molar-refractivity contribution in [3.05, 3.63) is 41.0 Å². The number of aryl methyl sites for hydroxylation is 2. The van der Waals surface area contributed by atoms with E-state index >= 15 is 0 Å². The monoisotopic (exact) mass is 327 g/mol. The molecule has 2 atom stereocenters. The molecule has 126 valence electrons. The first-order chi connectivity index (χ1) is 11.6. The maximum absolute atomic E-state index is 12.4. The van der Waals surface area contributed by atoms with E-state index in [-0.39, 0.29) is 17.9 Å². The first kappa shape index (κ1) is 16.3. The van der Waals surface area contributed by atoms with Crippen LogP contribution >= 0.6 is 0 Å². The van der Waals surface area contributed by atoms with Gasteiger partial charge in [0.2, 0.25) is 0 Å². The first-order valence-electron chi connectivity index (χ1n) is 8.07. The third kappa shape index (κ3) is 3.19. The molecule has 2 aromatic rings. The number of nitrogens with one attached hydrogen (secondary N) is 2. The summed E-state index contributed by atoms with van der Waals surface area (Å²) in [6.07, 6.45) is 3.67. The highest BCUT2D eigenvalue weighted by Gasteiger charge is 2.30. The molecule has 1 saturated heterocycles. The van der Waals surface area contributed by atoms with Gasteiger partial charge in [-0.15, -0.1) is 0 Å². The number of hydrogen-bond acceptors (Lipinski definition) is 4. The fourth-order valence-electron chi connectivity index (χ4n) is 3.22. The number of amides is 1. The summed E-state index contributed by atoms with van der Waals surface area (Å²) in [6, 6.07) is 5.56. The van der Waals surface area contributed by atoms with Gasteiger partial charge in [-0.25, -0.2) is 0 Å². The normalized spacial score (nSPS) is 20.5. The summed E-state index contributed by atoms with van der Waals surface area (Å²) in [4.78, 5) is 15.3. The molecule has 1 fully saturated rings. The van der Waals surface area contributed by atoms with Gasteiger partial charge in [0.1, 0.15) is 17.9 Å². The third-order valence-electron chi connectivity index (χ3n) is 4.50. The molecule has 3 heterocycles. The zero-order valence-electron chi connectivity index (χ0n) is 13.9. The summed E-state index contributed by atoms with van der Waals surface area (Å²) >= 11 is 0. The number of nitriles is 1. The molecular formula is C17H21N5O2. The molecule has 2 N–H and O–H groups in total. The zero-order chi connectivity index (χ0) is 17.1. The van der Waals surface area contributed by atoms with Gasteiger partial charge in [-0.3, -0.25) is 9.48 Å². The summed E-state index contributed by atoms with van der Waals surface area (Å²) in [6.45, 7) is 3.04. The lowest BCUT2D eigenvalue weighted by molar-refractivity contribution is -0.0317. The van der Waals surface area contributed by atoms with E-state index in [1.807, 2.05) is 23.9 Å². The number of nitrogens with zero attached hydrogens (tertiary/aromatic N) is 3. The van der Waals surface area contributed by atoms with Crippen molar-refractivity contribution in [3.8, 4) is 6.07 Å². The van der Waals surface area contributed by atoms with Crippen LogP contribution in [0.4, 0.5) is 0 Å². The number of hydrogen-bond donors (Lipinski definition) is 2. The van der Waals surface area contributed by atoms with E-state index in [2.05, 4.69) is 15.4 Å². The molecule has 0 radical (unpaired) electrons. The minimum atomic E-state index is -0.167. The lowest BCUT2D eigenvalue weighted by atomic mass is 9.92. The van der Waals surface area contributed by atoms with Gasteiger partial charge in [0, 0.05) is 38.0 Å². The Kier molecular flexibility index (Phi) is 4.67. The van der Waals surface area contributed by atoms with Crippen LogP contribution in [-0.2, 0) is 11.8 Å². The molecule has 3 rings (SSSR count). The van der Waals surface area contributed by atoms with E-state index in [9.17, 15) is 4.79 Å². The average molecular weight is 327 g/mol. The van der Waals surface area contributed by atoms with Gasteiger partial charge in [-0.1, -0.05) is 0 Å². The first-order valence-corrected chi connectivity index (χ1v) is 8.07. The number of aromatic nitrogens is 3. The summed E-state index contributed by atoms with van der Waals surface area (Å²) in [5.74, 6) is 0.0346. The van der Waals surface area contributed by atoms with E-state index in [4.69, 9.17) is 10.00 Å². The number of H-pyrrole nitrogens is 1. The Hall–Kier alpha value is -2.59. The molecule has 7 heteroatoms. The SMILES string of the molecule is Cc1[nH]c(C#N)cc1C(=O)NC[C@@H]1CCCO[C@H]1c1ccnn1C. The molecule has 7 nitrogen and oxygen atoms in total. The molecule has 0 aliphatic carbocycles. The topological polar surface area (TPSA) is 95.7 Å². The van der Waals surface area contributed by atoms with Gasteiger partial charge in [-0.2, -0.15) is 10.4 Å². The van der Waals surface area contributed by atoms with Crippen LogP contribution in [0.2, 0.25) is 0 Å². The highest BCUT2D eigenvalue weighted by molar-refractivity contribution is 5.95. The number of aromatic amines is 1. The molecule has 0 aromatic carbocycles. The Morgan fingerprint density at radius 3 is 3.12 bits per heavy atom. The van der Waals surface area contributed by atoms with Gasteiger partial charge in [-0.05, 0) is 31.9 Å². The zero-order valence-corrected chi connectivity index (χ0v) is 13.9. The summed E-state index contributed by atoms with van der Waals surface area (Å²) in [7, 11) is 1.90. The molecule has 0 spiro atoms. The van der Waals surface area contributed by atoms with Crippen LogP contribution < -0.4 is 5.32 Å². The maximum atomic E-state index is 12.4. The van der Waals surface area contributed by atoms with Crippen molar-refractivity contribution in [1.29, 1.82) is 5.26 Å². The highest BCUT2D eigenvalue weighted by Crippen LogP contribution is 2.32. The Labute approximate surface area is 140 Å². The lowest BCUT2D eigenvalue weighted by Gasteiger charge is -2.31. The fraction of sp³-hybridized carbons (Fsp3) is 0.471. The Bertz CT molecular complexity index is 770. The summed E-state index contributed by atoms with van der Waals surface area (Å²) in [5, 5.41) is 16.1. The van der Waals surface area contributed by atoms with Crippen molar-refractivity contribution in [1.82, 2.24) is 20.1 Å². The summed E-state index contributed by atoms with van der Waals surface area (Å²) in [5.41, 5.74) is 2.64. The van der Waals surface area contributed by atoms with E-state index in [1.165, 1.54) is 0 Å². The molecule has 24 heavy (non-hydrogen) atoms. The van der Waals surface area contributed by atoms with Gasteiger partial charge < -0.3 is 15.0 Å². The molecule has 2 aromatic heterocycles. The quantitative estimate of drug-likeness (QED) is 0.895. The van der Waals surface area contributed by atoms with Crippen LogP contribution in [0.5, 0.6) is 0 Å². The van der Waals surface area contributed by atoms with Crippen molar-refractivity contribution in [2.75, 3.05) is 13.2 Å². The molecule has 1 aliphatic heterocycles. The van der Waals surface area contributed by atoms with Crippen LogP contribution in [0, 0.1) is 24.2 Å². The van der Waals surface area contributed by atoms with Crippen LogP contribution in [0.15, 0.2) is 18.3 Å². The van der Waals surface area contributed by atoms with Crippen molar-refractivity contribution < 1.29 is 9.53 Å².